The Morgan fingerprint density at radius 1 is 1.21 bits per heavy atom. The third kappa shape index (κ3) is 5.03. The monoisotopic (exact) mass is 353 g/mol. The molecule has 0 spiro atoms. The molecule has 0 radical (unpaired) electrons. The number of amides is 2. The Morgan fingerprint density at radius 3 is 2.50 bits per heavy atom. The van der Waals surface area contributed by atoms with Gasteiger partial charge in [0.2, 0.25) is 5.91 Å². The van der Waals surface area contributed by atoms with Crippen molar-refractivity contribution < 1.29 is 14.3 Å². The zero-order chi connectivity index (χ0) is 17.5. The highest BCUT2D eigenvalue weighted by atomic mass is 35.5. The fourth-order valence-electron chi connectivity index (χ4n) is 2.53. The normalized spacial score (nSPS) is 14.5. The minimum absolute atomic E-state index is 0.0872. The number of benzene rings is 1. The van der Waals surface area contributed by atoms with Crippen molar-refractivity contribution >= 4 is 29.3 Å². The Labute approximate surface area is 147 Å². The molecule has 1 saturated heterocycles. The SMILES string of the molecule is CCOC(=O)N1CCN(C(=O)CCNc2ccc(C)c(Cl)c2)CC1. The van der Waals surface area contributed by atoms with Gasteiger partial charge in [-0.05, 0) is 31.5 Å². The first kappa shape index (κ1) is 18.4. The number of nitrogens with one attached hydrogen (secondary N) is 1. The summed E-state index contributed by atoms with van der Waals surface area (Å²) in [7, 11) is 0. The molecule has 2 amide bonds. The lowest BCUT2D eigenvalue weighted by molar-refractivity contribution is -0.132. The number of carbonyl (C=O) groups excluding carboxylic acids is 2. The predicted molar refractivity (Wildman–Crippen MR) is 94.5 cm³/mol. The minimum Gasteiger partial charge on any atom is -0.450 e. The molecular weight excluding hydrogens is 330 g/mol. The quantitative estimate of drug-likeness (QED) is 0.884. The maximum Gasteiger partial charge on any atom is 0.409 e. The van der Waals surface area contributed by atoms with Gasteiger partial charge in [-0.1, -0.05) is 17.7 Å². The predicted octanol–water partition coefficient (Wildman–Crippen LogP) is 2.75. The van der Waals surface area contributed by atoms with Crippen LogP contribution in [-0.2, 0) is 9.53 Å². The maximum absolute atomic E-state index is 12.2. The van der Waals surface area contributed by atoms with E-state index in [9.17, 15) is 9.59 Å². The molecule has 132 valence electrons. The third-order valence-corrected chi connectivity index (χ3v) is 4.41. The lowest BCUT2D eigenvalue weighted by Crippen LogP contribution is -2.50. The second kappa shape index (κ2) is 8.78. The second-order valence-corrected chi connectivity index (χ2v) is 6.11. The molecule has 6 nitrogen and oxygen atoms in total. The van der Waals surface area contributed by atoms with E-state index in [1.807, 2.05) is 25.1 Å². The van der Waals surface area contributed by atoms with Crippen molar-refractivity contribution in [2.45, 2.75) is 20.3 Å². The van der Waals surface area contributed by atoms with Crippen LogP contribution in [0, 0.1) is 6.92 Å². The molecule has 2 rings (SSSR count). The summed E-state index contributed by atoms with van der Waals surface area (Å²) in [5, 5.41) is 3.92. The van der Waals surface area contributed by atoms with Gasteiger partial charge in [0.05, 0.1) is 6.61 Å². The number of ether oxygens (including phenoxy) is 1. The van der Waals surface area contributed by atoms with Crippen LogP contribution in [-0.4, -0.2) is 61.1 Å². The topological polar surface area (TPSA) is 61.9 Å². The number of rotatable bonds is 5. The van der Waals surface area contributed by atoms with Crippen LogP contribution in [0.25, 0.3) is 0 Å². The summed E-state index contributed by atoms with van der Waals surface area (Å²) in [5.41, 5.74) is 1.93. The molecule has 1 heterocycles. The van der Waals surface area contributed by atoms with E-state index in [1.165, 1.54) is 0 Å². The number of carbonyl (C=O) groups is 2. The molecule has 1 aromatic rings. The molecule has 0 unspecified atom stereocenters. The van der Waals surface area contributed by atoms with E-state index in [-0.39, 0.29) is 12.0 Å². The van der Waals surface area contributed by atoms with Crippen molar-refractivity contribution in [3.05, 3.63) is 28.8 Å². The molecule has 1 N–H and O–H groups in total. The number of anilines is 1. The van der Waals surface area contributed by atoms with Crippen molar-refractivity contribution in [2.75, 3.05) is 44.6 Å². The molecule has 0 aliphatic carbocycles. The van der Waals surface area contributed by atoms with E-state index in [2.05, 4.69) is 5.32 Å². The average molecular weight is 354 g/mol. The first-order valence-corrected chi connectivity index (χ1v) is 8.58. The molecule has 0 saturated carbocycles. The summed E-state index contributed by atoms with van der Waals surface area (Å²) < 4.78 is 4.97. The van der Waals surface area contributed by atoms with E-state index >= 15 is 0 Å². The van der Waals surface area contributed by atoms with Crippen LogP contribution in [0.1, 0.15) is 18.9 Å². The van der Waals surface area contributed by atoms with Crippen LogP contribution in [0.15, 0.2) is 18.2 Å². The molecular formula is C17H24ClN3O3. The molecule has 0 aromatic heterocycles. The van der Waals surface area contributed by atoms with Crippen molar-refractivity contribution in [1.29, 1.82) is 0 Å². The first-order valence-electron chi connectivity index (χ1n) is 8.20. The summed E-state index contributed by atoms with van der Waals surface area (Å²) in [4.78, 5) is 27.3. The van der Waals surface area contributed by atoms with E-state index in [0.29, 0.717) is 50.8 Å². The smallest absolute Gasteiger partial charge is 0.409 e. The van der Waals surface area contributed by atoms with E-state index < -0.39 is 0 Å². The van der Waals surface area contributed by atoms with Gasteiger partial charge < -0.3 is 19.9 Å². The van der Waals surface area contributed by atoms with Gasteiger partial charge in [-0.25, -0.2) is 4.79 Å². The van der Waals surface area contributed by atoms with Crippen LogP contribution in [0.2, 0.25) is 5.02 Å². The Morgan fingerprint density at radius 2 is 1.88 bits per heavy atom. The Balaban J connectivity index is 1.72. The van der Waals surface area contributed by atoms with E-state index in [4.69, 9.17) is 16.3 Å². The van der Waals surface area contributed by atoms with Gasteiger partial charge in [0, 0.05) is 49.9 Å². The number of hydrogen-bond acceptors (Lipinski definition) is 4. The molecule has 24 heavy (non-hydrogen) atoms. The molecule has 0 atom stereocenters. The van der Waals surface area contributed by atoms with Gasteiger partial charge in [-0.3, -0.25) is 4.79 Å². The van der Waals surface area contributed by atoms with Crippen molar-refractivity contribution in [3.63, 3.8) is 0 Å². The van der Waals surface area contributed by atoms with Gasteiger partial charge >= 0.3 is 6.09 Å². The highest BCUT2D eigenvalue weighted by Crippen LogP contribution is 2.19. The van der Waals surface area contributed by atoms with Crippen LogP contribution in [0.4, 0.5) is 10.5 Å². The zero-order valence-corrected chi connectivity index (χ0v) is 14.9. The van der Waals surface area contributed by atoms with Gasteiger partial charge in [-0.2, -0.15) is 0 Å². The standard InChI is InChI=1S/C17H24ClN3O3/c1-3-24-17(23)21-10-8-20(9-11-21)16(22)6-7-19-14-5-4-13(2)15(18)12-14/h4-5,12,19H,3,6-11H2,1-2H3. The lowest BCUT2D eigenvalue weighted by atomic mass is 10.2. The summed E-state index contributed by atoms with van der Waals surface area (Å²) >= 11 is 6.08. The van der Waals surface area contributed by atoms with Crippen LogP contribution in [0.5, 0.6) is 0 Å². The number of nitrogens with zero attached hydrogens (tertiary/aromatic N) is 2. The summed E-state index contributed by atoms with van der Waals surface area (Å²) in [6, 6.07) is 5.75. The molecule has 7 heteroatoms. The third-order valence-electron chi connectivity index (χ3n) is 4.00. The Hall–Kier alpha value is -1.95. The Kier molecular flexibility index (Phi) is 6.73. The van der Waals surface area contributed by atoms with Gasteiger partial charge in [0.25, 0.3) is 0 Å². The number of piperazine rings is 1. The molecule has 1 aliphatic heterocycles. The average Bonchev–Trinajstić information content (AvgIpc) is 2.58. The summed E-state index contributed by atoms with van der Waals surface area (Å²) in [6.07, 6.45) is 0.104. The van der Waals surface area contributed by atoms with E-state index in [0.717, 1.165) is 11.3 Å². The molecule has 1 aromatic carbocycles. The fourth-order valence-corrected chi connectivity index (χ4v) is 2.71. The lowest BCUT2D eigenvalue weighted by Gasteiger charge is -2.34. The Bertz CT molecular complexity index is 586. The second-order valence-electron chi connectivity index (χ2n) is 5.71. The zero-order valence-electron chi connectivity index (χ0n) is 14.2. The van der Waals surface area contributed by atoms with Gasteiger partial charge in [0.1, 0.15) is 0 Å². The number of hydrogen-bond donors (Lipinski definition) is 1. The molecule has 1 fully saturated rings. The fraction of sp³-hybridized carbons (Fsp3) is 0.529. The van der Waals surface area contributed by atoms with Crippen molar-refractivity contribution in [2.24, 2.45) is 0 Å². The van der Waals surface area contributed by atoms with Crippen LogP contribution >= 0.6 is 11.6 Å². The van der Waals surface area contributed by atoms with Gasteiger partial charge in [-0.15, -0.1) is 0 Å². The number of aryl methyl sites for hydroxylation is 1. The summed E-state index contributed by atoms with van der Waals surface area (Å²) in [5.74, 6) is 0.0872. The van der Waals surface area contributed by atoms with E-state index in [1.54, 1.807) is 16.7 Å². The summed E-state index contributed by atoms with van der Waals surface area (Å²) in [6.45, 7) is 6.79. The van der Waals surface area contributed by atoms with Gasteiger partial charge in [0.15, 0.2) is 0 Å². The number of halogens is 1. The molecule has 0 bridgehead atoms. The van der Waals surface area contributed by atoms with Crippen LogP contribution in [0.3, 0.4) is 0 Å². The minimum atomic E-state index is -0.303. The maximum atomic E-state index is 12.2. The molecule has 1 aliphatic rings. The highest BCUT2D eigenvalue weighted by Gasteiger charge is 2.24. The first-order chi connectivity index (χ1) is 11.5. The largest absolute Gasteiger partial charge is 0.450 e. The van der Waals surface area contributed by atoms with Crippen LogP contribution < -0.4 is 5.32 Å². The van der Waals surface area contributed by atoms with Crippen molar-refractivity contribution in [3.8, 4) is 0 Å². The van der Waals surface area contributed by atoms with Crippen molar-refractivity contribution in [1.82, 2.24) is 9.80 Å². The highest BCUT2D eigenvalue weighted by molar-refractivity contribution is 6.31.